The van der Waals surface area contributed by atoms with Crippen molar-refractivity contribution in [3.63, 3.8) is 0 Å². The van der Waals surface area contributed by atoms with E-state index >= 15 is 0 Å². The van der Waals surface area contributed by atoms with E-state index in [1.807, 2.05) is 0 Å². The molecule has 0 amide bonds. The average molecular weight is 271 g/mol. The predicted molar refractivity (Wildman–Crippen MR) is 71.9 cm³/mol. The fourth-order valence-electron chi connectivity index (χ4n) is 1.40. The second-order valence-corrected chi connectivity index (χ2v) is 3.79. The fraction of sp³-hybridized carbons (Fsp3) is 0.538. The summed E-state index contributed by atoms with van der Waals surface area (Å²) < 4.78 is 15.5. The number of aromatic hydroxyl groups is 1. The smallest absolute Gasteiger partial charge is 0.161 e. The predicted octanol–water partition coefficient (Wildman–Crippen LogP) is 0.838. The summed E-state index contributed by atoms with van der Waals surface area (Å²) in [7, 11) is 1.62. The monoisotopic (exact) mass is 271 g/mol. The van der Waals surface area contributed by atoms with Crippen molar-refractivity contribution < 1.29 is 24.4 Å². The highest BCUT2D eigenvalue weighted by atomic mass is 16.5. The number of ether oxygens (including phenoxy) is 3. The Balaban J connectivity index is 2.29. The van der Waals surface area contributed by atoms with Crippen molar-refractivity contribution in [3.8, 4) is 11.5 Å². The first-order valence-corrected chi connectivity index (χ1v) is 6.15. The molecule has 0 heterocycles. The van der Waals surface area contributed by atoms with Gasteiger partial charge in [0.25, 0.3) is 0 Å². The summed E-state index contributed by atoms with van der Waals surface area (Å²) in [5.74, 6) is 0.463. The Morgan fingerprint density at radius 3 is 2.63 bits per heavy atom. The SMILES string of the molecule is COCCOCCOc1ccc(NCCO)cc1O. The van der Waals surface area contributed by atoms with Gasteiger partial charge < -0.3 is 29.7 Å². The number of phenols is 1. The first-order valence-electron chi connectivity index (χ1n) is 6.15. The summed E-state index contributed by atoms with van der Waals surface area (Å²) >= 11 is 0. The third kappa shape index (κ3) is 6.28. The van der Waals surface area contributed by atoms with Gasteiger partial charge in [0.2, 0.25) is 0 Å². The Kier molecular flexibility index (Phi) is 7.72. The largest absolute Gasteiger partial charge is 0.504 e. The number of rotatable bonds is 10. The zero-order valence-corrected chi connectivity index (χ0v) is 11.1. The van der Waals surface area contributed by atoms with Crippen LogP contribution in [0, 0.1) is 0 Å². The highest BCUT2D eigenvalue weighted by Crippen LogP contribution is 2.28. The molecule has 0 fully saturated rings. The fourth-order valence-corrected chi connectivity index (χ4v) is 1.40. The molecule has 0 aliphatic rings. The van der Waals surface area contributed by atoms with Crippen LogP contribution in [0.4, 0.5) is 5.69 Å². The van der Waals surface area contributed by atoms with Gasteiger partial charge in [0.15, 0.2) is 11.5 Å². The molecule has 0 aliphatic carbocycles. The molecule has 0 saturated carbocycles. The van der Waals surface area contributed by atoms with Crippen molar-refractivity contribution in [2.24, 2.45) is 0 Å². The molecule has 19 heavy (non-hydrogen) atoms. The van der Waals surface area contributed by atoms with Crippen LogP contribution in [0.2, 0.25) is 0 Å². The minimum Gasteiger partial charge on any atom is -0.504 e. The Bertz CT molecular complexity index is 359. The average Bonchev–Trinajstić information content (AvgIpc) is 2.42. The highest BCUT2D eigenvalue weighted by Gasteiger charge is 2.03. The van der Waals surface area contributed by atoms with Crippen molar-refractivity contribution in [3.05, 3.63) is 18.2 Å². The molecule has 6 heteroatoms. The van der Waals surface area contributed by atoms with E-state index < -0.39 is 0 Å². The molecule has 1 aromatic carbocycles. The highest BCUT2D eigenvalue weighted by molar-refractivity contribution is 5.54. The standard InChI is InChI=1S/C13H21NO5/c1-17-6-7-18-8-9-19-13-3-2-11(10-12(13)16)14-4-5-15/h2-3,10,14-16H,4-9H2,1H3. The van der Waals surface area contributed by atoms with Crippen LogP contribution in [0.3, 0.4) is 0 Å². The van der Waals surface area contributed by atoms with E-state index in [4.69, 9.17) is 19.3 Å². The number of anilines is 1. The van der Waals surface area contributed by atoms with Crippen molar-refractivity contribution in [2.45, 2.75) is 0 Å². The van der Waals surface area contributed by atoms with Crippen LogP contribution in [0.15, 0.2) is 18.2 Å². The van der Waals surface area contributed by atoms with Crippen molar-refractivity contribution in [1.29, 1.82) is 0 Å². The third-order valence-corrected chi connectivity index (χ3v) is 2.32. The molecular formula is C13H21NO5. The molecule has 6 nitrogen and oxygen atoms in total. The molecule has 0 saturated heterocycles. The second kappa shape index (κ2) is 9.43. The number of hydrogen-bond acceptors (Lipinski definition) is 6. The van der Waals surface area contributed by atoms with Gasteiger partial charge in [-0.15, -0.1) is 0 Å². The Labute approximate surface area is 112 Å². The molecule has 1 aromatic rings. The Morgan fingerprint density at radius 1 is 1.16 bits per heavy atom. The summed E-state index contributed by atoms with van der Waals surface area (Å²) in [6.07, 6.45) is 0. The molecular weight excluding hydrogens is 250 g/mol. The molecule has 0 unspecified atom stereocenters. The maximum absolute atomic E-state index is 9.74. The summed E-state index contributed by atoms with van der Waals surface area (Å²) in [5, 5.41) is 21.4. The molecule has 0 aromatic heterocycles. The van der Waals surface area contributed by atoms with E-state index in [-0.39, 0.29) is 12.4 Å². The van der Waals surface area contributed by atoms with E-state index in [1.54, 1.807) is 25.3 Å². The quantitative estimate of drug-likeness (QED) is 0.547. The van der Waals surface area contributed by atoms with Gasteiger partial charge in [-0.2, -0.15) is 0 Å². The number of aliphatic hydroxyl groups excluding tert-OH is 1. The van der Waals surface area contributed by atoms with E-state index in [2.05, 4.69) is 5.32 Å². The maximum atomic E-state index is 9.74. The Hall–Kier alpha value is -1.50. The minimum absolute atomic E-state index is 0.0395. The molecule has 3 N–H and O–H groups in total. The summed E-state index contributed by atoms with van der Waals surface area (Å²) in [6, 6.07) is 5.00. The zero-order valence-electron chi connectivity index (χ0n) is 11.1. The van der Waals surface area contributed by atoms with Gasteiger partial charge in [0.05, 0.1) is 26.4 Å². The minimum atomic E-state index is 0.0395. The van der Waals surface area contributed by atoms with Crippen LogP contribution < -0.4 is 10.1 Å². The van der Waals surface area contributed by atoms with Crippen molar-refractivity contribution in [2.75, 3.05) is 52.0 Å². The topological polar surface area (TPSA) is 80.2 Å². The normalized spacial score (nSPS) is 10.4. The zero-order chi connectivity index (χ0) is 13.9. The number of phenolic OH excluding ortho intramolecular Hbond substituents is 1. The summed E-state index contributed by atoms with van der Waals surface area (Å²) in [6.45, 7) is 2.35. The molecule has 0 atom stereocenters. The van der Waals surface area contributed by atoms with Gasteiger partial charge in [-0.3, -0.25) is 0 Å². The van der Waals surface area contributed by atoms with E-state index in [0.29, 0.717) is 38.7 Å². The van der Waals surface area contributed by atoms with Crippen LogP contribution in [0.1, 0.15) is 0 Å². The lowest BCUT2D eigenvalue weighted by Gasteiger charge is -2.10. The molecule has 108 valence electrons. The number of benzene rings is 1. The van der Waals surface area contributed by atoms with E-state index in [1.165, 1.54) is 0 Å². The second-order valence-electron chi connectivity index (χ2n) is 3.79. The lowest BCUT2D eigenvalue weighted by molar-refractivity contribution is 0.0540. The molecule has 0 radical (unpaired) electrons. The van der Waals surface area contributed by atoms with Crippen molar-refractivity contribution in [1.82, 2.24) is 0 Å². The van der Waals surface area contributed by atoms with Crippen molar-refractivity contribution >= 4 is 5.69 Å². The van der Waals surface area contributed by atoms with Crippen LogP contribution in [-0.4, -0.2) is 56.9 Å². The first-order chi connectivity index (χ1) is 9.27. The van der Waals surface area contributed by atoms with E-state index in [0.717, 1.165) is 5.69 Å². The van der Waals surface area contributed by atoms with Gasteiger partial charge in [0, 0.05) is 25.4 Å². The van der Waals surface area contributed by atoms with Gasteiger partial charge >= 0.3 is 0 Å². The first kappa shape index (κ1) is 15.6. The molecule has 1 rings (SSSR count). The maximum Gasteiger partial charge on any atom is 0.161 e. The van der Waals surface area contributed by atoms with Crippen LogP contribution in [-0.2, 0) is 9.47 Å². The summed E-state index contributed by atoms with van der Waals surface area (Å²) in [4.78, 5) is 0. The Morgan fingerprint density at radius 2 is 1.95 bits per heavy atom. The number of methoxy groups -OCH3 is 1. The lowest BCUT2D eigenvalue weighted by atomic mass is 10.2. The number of hydrogen-bond donors (Lipinski definition) is 3. The molecule has 0 aliphatic heterocycles. The molecule has 0 bridgehead atoms. The number of aliphatic hydroxyl groups is 1. The van der Waals surface area contributed by atoms with Crippen LogP contribution in [0.5, 0.6) is 11.5 Å². The van der Waals surface area contributed by atoms with Crippen LogP contribution in [0.25, 0.3) is 0 Å². The van der Waals surface area contributed by atoms with Gasteiger partial charge in [-0.05, 0) is 12.1 Å². The molecule has 0 spiro atoms. The summed E-state index contributed by atoms with van der Waals surface area (Å²) in [5.41, 5.74) is 0.732. The number of nitrogens with one attached hydrogen (secondary N) is 1. The van der Waals surface area contributed by atoms with Gasteiger partial charge in [0.1, 0.15) is 6.61 Å². The van der Waals surface area contributed by atoms with Crippen LogP contribution >= 0.6 is 0 Å². The lowest BCUT2D eigenvalue weighted by Crippen LogP contribution is -2.10. The van der Waals surface area contributed by atoms with Gasteiger partial charge in [-0.25, -0.2) is 0 Å². The van der Waals surface area contributed by atoms with Gasteiger partial charge in [-0.1, -0.05) is 0 Å². The van der Waals surface area contributed by atoms with E-state index in [9.17, 15) is 5.11 Å². The third-order valence-electron chi connectivity index (χ3n) is 2.32.